The van der Waals surface area contributed by atoms with Gasteiger partial charge in [0.05, 0.1) is 0 Å². The Morgan fingerprint density at radius 1 is 1.21 bits per heavy atom. The van der Waals surface area contributed by atoms with Crippen LogP contribution in [0.5, 0.6) is 0 Å². The third-order valence-corrected chi connectivity index (χ3v) is 2.33. The number of carbonyl (C=O) groups excluding carboxylic acids is 1. The van der Waals surface area contributed by atoms with E-state index in [0.29, 0.717) is 12.2 Å². The molecule has 76 valence electrons. The van der Waals surface area contributed by atoms with Gasteiger partial charge in [-0.1, -0.05) is 43.2 Å². The minimum absolute atomic E-state index is 0.357. The molecule has 0 spiro atoms. The number of carbonyl (C=O) groups is 1. The van der Waals surface area contributed by atoms with Gasteiger partial charge >= 0.3 is 0 Å². The molecule has 0 aliphatic carbocycles. The molecular formula is C13H18O. The van der Waals surface area contributed by atoms with Gasteiger partial charge in [0.2, 0.25) is 0 Å². The molecule has 0 aliphatic rings. The molecule has 0 saturated heterocycles. The average Bonchev–Trinajstić information content (AvgIpc) is 2.18. The van der Waals surface area contributed by atoms with Crippen LogP contribution in [0.2, 0.25) is 0 Å². The van der Waals surface area contributed by atoms with E-state index >= 15 is 0 Å². The van der Waals surface area contributed by atoms with Crippen LogP contribution in [0, 0.1) is 6.92 Å². The van der Waals surface area contributed by atoms with E-state index in [1.54, 1.807) is 0 Å². The summed E-state index contributed by atoms with van der Waals surface area (Å²) < 4.78 is 0. The normalized spacial score (nSPS) is 10.1. The van der Waals surface area contributed by atoms with Gasteiger partial charge in [0, 0.05) is 12.8 Å². The Morgan fingerprint density at radius 3 is 2.43 bits per heavy atom. The van der Waals surface area contributed by atoms with Gasteiger partial charge in [-0.15, -0.1) is 0 Å². The molecule has 0 radical (unpaired) electrons. The quantitative estimate of drug-likeness (QED) is 0.696. The molecule has 14 heavy (non-hydrogen) atoms. The third kappa shape index (κ3) is 3.73. The third-order valence-electron chi connectivity index (χ3n) is 2.33. The van der Waals surface area contributed by atoms with E-state index in [1.165, 1.54) is 5.56 Å². The maximum atomic E-state index is 11.5. The number of hydrogen-bond donors (Lipinski definition) is 0. The predicted molar refractivity (Wildman–Crippen MR) is 59.4 cm³/mol. The van der Waals surface area contributed by atoms with Crippen LogP contribution >= 0.6 is 0 Å². The molecule has 0 bridgehead atoms. The number of hydrogen-bond acceptors (Lipinski definition) is 1. The lowest BCUT2D eigenvalue weighted by molar-refractivity contribution is -0.118. The summed E-state index contributed by atoms with van der Waals surface area (Å²) in [5.74, 6) is 0.357. The van der Waals surface area contributed by atoms with Crippen molar-refractivity contribution in [1.82, 2.24) is 0 Å². The van der Waals surface area contributed by atoms with E-state index in [9.17, 15) is 4.79 Å². The fourth-order valence-electron chi connectivity index (χ4n) is 1.40. The number of ketones is 1. The minimum atomic E-state index is 0.357. The van der Waals surface area contributed by atoms with Gasteiger partial charge in [-0.3, -0.25) is 4.79 Å². The largest absolute Gasteiger partial charge is 0.299 e. The van der Waals surface area contributed by atoms with Gasteiger partial charge in [-0.25, -0.2) is 0 Å². The smallest absolute Gasteiger partial charge is 0.137 e. The summed E-state index contributed by atoms with van der Waals surface area (Å²) in [5.41, 5.74) is 2.38. The highest BCUT2D eigenvalue weighted by atomic mass is 16.1. The molecule has 0 unspecified atom stereocenters. The van der Waals surface area contributed by atoms with E-state index in [0.717, 1.165) is 24.8 Å². The van der Waals surface area contributed by atoms with Crippen molar-refractivity contribution >= 4 is 5.78 Å². The maximum Gasteiger partial charge on any atom is 0.137 e. The summed E-state index contributed by atoms with van der Waals surface area (Å²) in [6.45, 7) is 4.17. The summed E-state index contributed by atoms with van der Waals surface area (Å²) in [6.07, 6.45) is 3.44. The van der Waals surface area contributed by atoms with Crippen LogP contribution in [-0.2, 0) is 11.2 Å². The van der Waals surface area contributed by atoms with E-state index in [1.807, 2.05) is 12.1 Å². The van der Waals surface area contributed by atoms with Gasteiger partial charge in [0.15, 0.2) is 0 Å². The zero-order valence-electron chi connectivity index (χ0n) is 9.05. The lowest BCUT2D eigenvalue weighted by Crippen LogP contribution is -2.01. The molecule has 0 aliphatic heterocycles. The summed E-state index contributed by atoms with van der Waals surface area (Å²) in [7, 11) is 0. The Kier molecular flexibility index (Phi) is 4.37. The maximum absolute atomic E-state index is 11.5. The second-order valence-corrected chi connectivity index (χ2v) is 3.80. The first-order valence-corrected chi connectivity index (χ1v) is 5.29. The summed E-state index contributed by atoms with van der Waals surface area (Å²) in [4.78, 5) is 11.5. The molecule has 1 aromatic carbocycles. The van der Waals surface area contributed by atoms with Gasteiger partial charge in [-0.2, -0.15) is 0 Å². The fraction of sp³-hybridized carbons (Fsp3) is 0.462. The Morgan fingerprint density at radius 2 is 1.86 bits per heavy atom. The van der Waals surface area contributed by atoms with Crippen LogP contribution in [0.3, 0.4) is 0 Å². The second-order valence-electron chi connectivity index (χ2n) is 3.80. The van der Waals surface area contributed by atoms with Crippen molar-refractivity contribution in [2.24, 2.45) is 0 Å². The van der Waals surface area contributed by atoms with Crippen molar-refractivity contribution in [2.45, 2.75) is 39.5 Å². The van der Waals surface area contributed by atoms with Crippen LogP contribution in [0.4, 0.5) is 0 Å². The van der Waals surface area contributed by atoms with Crippen molar-refractivity contribution in [3.63, 3.8) is 0 Å². The Hall–Kier alpha value is -1.11. The Labute approximate surface area is 86.1 Å². The van der Waals surface area contributed by atoms with Gasteiger partial charge in [0.1, 0.15) is 5.78 Å². The fourth-order valence-corrected chi connectivity index (χ4v) is 1.40. The molecule has 0 saturated carbocycles. The van der Waals surface area contributed by atoms with E-state index in [-0.39, 0.29) is 0 Å². The molecule has 0 aromatic heterocycles. The predicted octanol–water partition coefficient (Wildman–Crippen LogP) is 3.30. The average molecular weight is 190 g/mol. The first kappa shape index (κ1) is 11.0. The van der Waals surface area contributed by atoms with Crippen LogP contribution in [0.25, 0.3) is 0 Å². The minimum Gasteiger partial charge on any atom is -0.299 e. The molecule has 0 heterocycles. The first-order chi connectivity index (χ1) is 6.72. The molecule has 0 N–H and O–H groups in total. The zero-order chi connectivity index (χ0) is 10.4. The van der Waals surface area contributed by atoms with Crippen LogP contribution in [0.1, 0.15) is 37.3 Å². The molecular weight excluding hydrogens is 172 g/mol. The van der Waals surface area contributed by atoms with Gasteiger partial charge < -0.3 is 0 Å². The second kappa shape index (κ2) is 5.58. The zero-order valence-corrected chi connectivity index (χ0v) is 9.05. The number of benzene rings is 1. The Bertz CT molecular complexity index is 285. The molecule has 1 heteroatoms. The van der Waals surface area contributed by atoms with Crippen LogP contribution in [-0.4, -0.2) is 5.78 Å². The van der Waals surface area contributed by atoms with Crippen molar-refractivity contribution in [3.8, 4) is 0 Å². The van der Waals surface area contributed by atoms with E-state index in [4.69, 9.17) is 0 Å². The number of rotatable bonds is 5. The lowest BCUT2D eigenvalue weighted by atomic mass is 10.0. The highest BCUT2D eigenvalue weighted by Crippen LogP contribution is 2.06. The van der Waals surface area contributed by atoms with E-state index < -0.39 is 0 Å². The summed E-state index contributed by atoms with van der Waals surface area (Å²) in [6, 6.07) is 8.20. The number of aryl methyl sites for hydroxylation is 1. The van der Waals surface area contributed by atoms with Gasteiger partial charge in [-0.05, 0) is 18.9 Å². The van der Waals surface area contributed by atoms with Crippen molar-refractivity contribution in [2.75, 3.05) is 0 Å². The summed E-state index contributed by atoms with van der Waals surface area (Å²) >= 11 is 0. The highest BCUT2D eigenvalue weighted by molar-refractivity contribution is 5.80. The summed E-state index contributed by atoms with van der Waals surface area (Å²) in [5, 5.41) is 0. The SMILES string of the molecule is CCCCC(=O)Cc1ccc(C)cc1. The van der Waals surface area contributed by atoms with Gasteiger partial charge in [0.25, 0.3) is 0 Å². The molecule has 1 nitrogen and oxygen atoms in total. The molecule has 0 amide bonds. The van der Waals surface area contributed by atoms with E-state index in [2.05, 4.69) is 26.0 Å². The van der Waals surface area contributed by atoms with Crippen molar-refractivity contribution < 1.29 is 4.79 Å². The standard InChI is InChI=1S/C13H18O/c1-3-4-5-13(14)10-12-8-6-11(2)7-9-12/h6-9H,3-5,10H2,1-2H3. The monoisotopic (exact) mass is 190 g/mol. The number of Topliss-reactive ketones (excluding diaryl/α,β-unsaturated/α-hetero) is 1. The lowest BCUT2D eigenvalue weighted by Gasteiger charge is -2.00. The molecule has 0 fully saturated rings. The highest BCUT2D eigenvalue weighted by Gasteiger charge is 2.02. The topological polar surface area (TPSA) is 17.1 Å². The van der Waals surface area contributed by atoms with Crippen LogP contribution in [0.15, 0.2) is 24.3 Å². The molecule has 1 aromatic rings. The first-order valence-electron chi connectivity index (χ1n) is 5.29. The van der Waals surface area contributed by atoms with Crippen molar-refractivity contribution in [3.05, 3.63) is 35.4 Å². The van der Waals surface area contributed by atoms with Crippen molar-refractivity contribution in [1.29, 1.82) is 0 Å². The Balaban J connectivity index is 2.44. The molecule has 1 rings (SSSR count). The molecule has 0 atom stereocenters. The van der Waals surface area contributed by atoms with Crippen LogP contribution < -0.4 is 0 Å². The number of unbranched alkanes of at least 4 members (excludes halogenated alkanes) is 1.